The number of halogens is 1. The lowest BCUT2D eigenvalue weighted by Crippen LogP contribution is -2.48. The van der Waals surface area contributed by atoms with E-state index in [1.807, 2.05) is 0 Å². The molecule has 0 saturated carbocycles. The number of rotatable bonds is 2. The van der Waals surface area contributed by atoms with Crippen LogP contribution in [0.4, 0.5) is 10.1 Å². The third-order valence-electron chi connectivity index (χ3n) is 3.25. The number of likely N-dealkylation sites (N-methyl/N-ethyl adjacent to an activating group) is 1. The van der Waals surface area contributed by atoms with Gasteiger partial charge in [0.1, 0.15) is 5.82 Å². The van der Waals surface area contributed by atoms with Crippen molar-refractivity contribution in [1.82, 2.24) is 4.90 Å². The summed E-state index contributed by atoms with van der Waals surface area (Å²) in [5, 5.41) is 9.39. The number of anilines is 1. The van der Waals surface area contributed by atoms with Crippen LogP contribution >= 0.6 is 0 Å². The summed E-state index contributed by atoms with van der Waals surface area (Å²) in [5.74, 6) is -0.411. The van der Waals surface area contributed by atoms with E-state index in [0.29, 0.717) is 24.3 Å². The van der Waals surface area contributed by atoms with E-state index in [-0.39, 0.29) is 12.5 Å². The Hall–Kier alpha value is -1.62. The van der Waals surface area contributed by atoms with Gasteiger partial charge in [0, 0.05) is 20.1 Å². The van der Waals surface area contributed by atoms with Crippen molar-refractivity contribution in [2.45, 2.75) is 13.0 Å². The Balaban J connectivity index is 2.21. The quantitative estimate of drug-likeness (QED) is 0.859. The third-order valence-corrected chi connectivity index (χ3v) is 3.25. The average molecular weight is 252 g/mol. The zero-order chi connectivity index (χ0) is 13.3. The lowest BCUT2D eigenvalue weighted by molar-refractivity contribution is -0.129. The normalized spacial score (nSPS) is 18.1. The first-order valence-corrected chi connectivity index (χ1v) is 5.95. The number of amides is 1. The summed E-state index contributed by atoms with van der Waals surface area (Å²) in [5.41, 5.74) is 0.956. The number of piperazine rings is 1. The molecule has 5 heteroatoms. The summed E-state index contributed by atoms with van der Waals surface area (Å²) in [4.78, 5) is 14.9. The molecule has 1 heterocycles. The summed E-state index contributed by atoms with van der Waals surface area (Å²) in [6.45, 7) is 3.00. The molecular weight excluding hydrogens is 235 g/mol. The van der Waals surface area contributed by atoms with E-state index in [4.69, 9.17) is 0 Å². The van der Waals surface area contributed by atoms with Gasteiger partial charge in [-0.15, -0.1) is 0 Å². The first-order valence-electron chi connectivity index (χ1n) is 5.95. The Bertz CT molecular complexity index is 462. The summed E-state index contributed by atoms with van der Waals surface area (Å²) in [6, 6.07) is 4.63. The van der Waals surface area contributed by atoms with Crippen molar-refractivity contribution < 1.29 is 14.3 Å². The van der Waals surface area contributed by atoms with Crippen LogP contribution < -0.4 is 4.90 Å². The van der Waals surface area contributed by atoms with Gasteiger partial charge >= 0.3 is 0 Å². The number of aliphatic hydroxyl groups is 1. The van der Waals surface area contributed by atoms with Crippen molar-refractivity contribution in [1.29, 1.82) is 0 Å². The molecule has 18 heavy (non-hydrogen) atoms. The maximum absolute atomic E-state index is 13.9. The van der Waals surface area contributed by atoms with E-state index in [2.05, 4.69) is 0 Å². The summed E-state index contributed by atoms with van der Waals surface area (Å²) < 4.78 is 13.9. The molecule has 1 amide bonds. The standard InChI is InChI=1S/C13H17FN2O2/c1-9(17)10-3-4-12(11(14)7-10)16-6-5-15(2)13(18)8-16/h3-4,7,9,17H,5-6,8H2,1-2H3. The third kappa shape index (κ3) is 2.46. The van der Waals surface area contributed by atoms with Crippen LogP contribution in [-0.4, -0.2) is 42.6 Å². The topological polar surface area (TPSA) is 43.8 Å². The fourth-order valence-electron chi connectivity index (χ4n) is 2.00. The molecule has 0 bridgehead atoms. The fourth-order valence-corrected chi connectivity index (χ4v) is 2.00. The highest BCUT2D eigenvalue weighted by Gasteiger charge is 2.23. The average Bonchev–Trinajstić information content (AvgIpc) is 2.32. The molecule has 0 radical (unpaired) electrons. The molecule has 1 aromatic carbocycles. The Kier molecular flexibility index (Phi) is 3.52. The van der Waals surface area contributed by atoms with Crippen molar-refractivity contribution in [3.8, 4) is 0 Å². The minimum atomic E-state index is -0.692. The van der Waals surface area contributed by atoms with Gasteiger partial charge in [-0.1, -0.05) is 6.07 Å². The monoisotopic (exact) mass is 252 g/mol. The molecule has 1 aliphatic heterocycles. The maximum atomic E-state index is 13.9. The van der Waals surface area contributed by atoms with Gasteiger partial charge in [0.25, 0.3) is 0 Å². The van der Waals surface area contributed by atoms with Crippen LogP contribution in [0.25, 0.3) is 0 Å². The molecule has 1 unspecified atom stereocenters. The van der Waals surface area contributed by atoms with Gasteiger partial charge in [-0.25, -0.2) is 4.39 Å². The molecule has 1 fully saturated rings. The molecular formula is C13H17FN2O2. The van der Waals surface area contributed by atoms with Crippen LogP contribution in [0.2, 0.25) is 0 Å². The van der Waals surface area contributed by atoms with E-state index in [0.717, 1.165) is 0 Å². The van der Waals surface area contributed by atoms with Crippen LogP contribution in [0.15, 0.2) is 18.2 Å². The van der Waals surface area contributed by atoms with Gasteiger partial charge in [0.05, 0.1) is 18.3 Å². The molecule has 4 nitrogen and oxygen atoms in total. The summed E-state index contributed by atoms with van der Waals surface area (Å²) >= 11 is 0. The number of hydrogen-bond acceptors (Lipinski definition) is 3. The Morgan fingerprint density at radius 1 is 1.39 bits per heavy atom. The van der Waals surface area contributed by atoms with Crippen molar-refractivity contribution in [2.24, 2.45) is 0 Å². The summed E-state index contributed by atoms with van der Waals surface area (Å²) in [7, 11) is 1.74. The van der Waals surface area contributed by atoms with E-state index in [9.17, 15) is 14.3 Å². The summed E-state index contributed by atoms with van der Waals surface area (Å²) in [6.07, 6.45) is -0.692. The van der Waals surface area contributed by atoms with Gasteiger partial charge in [-0.05, 0) is 24.6 Å². The second kappa shape index (κ2) is 4.94. The molecule has 98 valence electrons. The van der Waals surface area contributed by atoms with Crippen LogP contribution in [0.3, 0.4) is 0 Å². The van der Waals surface area contributed by atoms with E-state index >= 15 is 0 Å². The van der Waals surface area contributed by atoms with Crippen molar-refractivity contribution in [2.75, 3.05) is 31.6 Å². The van der Waals surface area contributed by atoms with Crippen molar-refractivity contribution in [3.05, 3.63) is 29.6 Å². The Labute approximate surface area is 106 Å². The van der Waals surface area contributed by atoms with Gasteiger partial charge in [-0.2, -0.15) is 0 Å². The van der Waals surface area contributed by atoms with E-state index in [1.54, 1.807) is 35.9 Å². The molecule has 0 spiro atoms. The van der Waals surface area contributed by atoms with Crippen molar-refractivity contribution in [3.63, 3.8) is 0 Å². The second-order valence-corrected chi connectivity index (χ2v) is 4.62. The van der Waals surface area contributed by atoms with Crippen LogP contribution in [0.5, 0.6) is 0 Å². The van der Waals surface area contributed by atoms with E-state index in [1.165, 1.54) is 6.07 Å². The predicted octanol–water partition coefficient (Wildman–Crippen LogP) is 1.16. The van der Waals surface area contributed by atoms with Crippen molar-refractivity contribution >= 4 is 11.6 Å². The smallest absolute Gasteiger partial charge is 0.241 e. The first-order chi connectivity index (χ1) is 8.49. The number of nitrogens with zero attached hydrogens (tertiary/aromatic N) is 2. The zero-order valence-corrected chi connectivity index (χ0v) is 10.6. The Morgan fingerprint density at radius 2 is 2.11 bits per heavy atom. The number of carbonyl (C=O) groups excluding carboxylic acids is 1. The Morgan fingerprint density at radius 3 is 2.67 bits per heavy atom. The van der Waals surface area contributed by atoms with Gasteiger partial charge in [-0.3, -0.25) is 4.79 Å². The highest BCUT2D eigenvalue weighted by Crippen LogP contribution is 2.24. The number of benzene rings is 1. The lowest BCUT2D eigenvalue weighted by Gasteiger charge is -2.33. The SMILES string of the molecule is CC(O)c1ccc(N2CCN(C)C(=O)C2)c(F)c1. The molecule has 1 atom stereocenters. The van der Waals surface area contributed by atoms with E-state index < -0.39 is 11.9 Å². The van der Waals surface area contributed by atoms with Gasteiger partial charge in [0.2, 0.25) is 5.91 Å². The highest BCUT2D eigenvalue weighted by molar-refractivity contribution is 5.82. The van der Waals surface area contributed by atoms with Crippen LogP contribution in [0.1, 0.15) is 18.6 Å². The lowest BCUT2D eigenvalue weighted by atomic mass is 10.1. The van der Waals surface area contributed by atoms with Crippen LogP contribution in [-0.2, 0) is 4.79 Å². The molecule has 1 aliphatic rings. The van der Waals surface area contributed by atoms with Gasteiger partial charge in [0.15, 0.2) is 0 Å². The highest BCUT2D eigenvalue weighted by atomic mass is 19.1. The molecule has 2 rings (SSSR count). The number of aliphatic hydroxyl groups excluding tert-OH is 1. The molecule has 1 aromatic rings. The molecule has 1 saturated heterocycles. The largest absolute Gasteiger partial charge is 0.389 e. The fraction of sp³-hybridized carbons (Fsp3) is 0.462. The first kappa shape index (κ1) is 12.8. The maximum Gasteiger partial charge on any atom is 0.241 e. The number of carbonyl (C=O) groups is 1. The molecule has 0 aliphatic carbocycles. The molecule has 0 aromatic heterocycles. The zero-order valence-electron chi connectivity index (χ0n) is 10.6. The minimum Gasteiger partial charge on any atom is -0.389 e. The van der Waals surface area contributed by atoms with Gasteiger partial charge < -0.3 is 14.9 Å². The second-order valence-electron chi connectivity index (χ2n) is 4.62. The molecule has 1 N–H and O–H groups in total. The predicted molar refractivity (Wildman–Crippen MR) is 66.9 cm³/mol. The van der Waals surface area contributed by atoms with Crippen LogP contribution in [0, 0.1) is 5.82 Å². The number of hydrogen-bond donors (Lipinski definition) is 1. The minimum absolute atomic E-state index is 0.0137.